The van der Waals surface area contributed by atoms with Crippen molar-refractivity contribution < 1.29 is 27.5 Å². The summed E-state index contributed by atoms with van der Waals surface area (Å²) in [5.41, 5.74) is 0. The van der Waals surface area contributed by atoms with Gasteiger partial charge < -0.3 is 0 Å². The second-order valence-corrected chi connectivity index (χ2v) is 14.1. The molecule has 2 rings (SSSR count). The van der Waals surface area contributed by atoms with Crippen LogP contribution in [0, 0.1) is 5.92 Å². The molecule has 0 radical (unpaired) electrons. The Kier molecular flexibility index (Phi) is 8.04. The first kappa shape index (κ1) is 20.2. The number of nitrogens with zero attached hydrogens (tertiary/aromatic N) is 3. The Morgan fingerprint density at radius 1 is 1.33 bits per heavy atom. The van der Waals surface area contributed by atoms with E-state index in [1.807, 2.05) is 0 Å². The van der Waals surface area contributed by atoms with Crippen molar-refractivity contribution in [3.05, 3.63) is 0 Å². The molecule has 0 aromatic carbocycles. The molecule has 1 fully saturated rings. The quantitative estimate of drug-likeness (QED) is 0.355. The maximum atomic E-state index is 12.4. The molecule has 1 saturated heterocycles. The van der Waals surface area contributed by atoms with E-state index in [4.69, 9.17) is 0 Å². The Morgan fingerprint density at radius 3 is 2.62 bits per heavy atom. The van der Waals surface area contributed by atoms with Gasteiger partial charge >= 0.3 is 159 Å². The van der Waals surface area contributed by atoms with Gasteiger partial charge in [-0.25, -0.2) is 0 Å². The number of thiol groups is 1. The maximum absolute atomic E-state index is 12.4. The van der Waals surface area contributed by atoms with Crippen LogP contribution >= 0.6 is 32.2 Å². The van der Waals surface area contributed by atoms with Gasteiger partial charge in [-0.15, -0.1) is 0 Å². The summed E-state index contributed by atoms with van der Waals surface area (Å²) in [5.74, 6) is 0.442. The van der Waals surface area contributed by atoms with E-state index in [-0.39, 0.29) is 5.91 Å². The molecule has 0 spiro atoms. The fourth-order valence-electron chi connectivity index (χ4n) is 2.71. The zero-order valence-corrected chi connectivity index (χ0v) is 18.3. The second-order valence-electron chi connectivity index (χ2n) is 5.64. The number of rotatable bonds is 8. The summed E-state index contributed by atoms with van der Waals surface area (Å²) in [6.45, 7) is 4.89. The van der Waals surface area contributed by atoms with Crippen molar-refractivity contribution in [2.24, 2.45) is 5.92 Å². The van der Waals surface area contributed by atoms with Crippen LogP contribution < -0.4 is 0 Å². The third-order valence-corrected chi connectivity index (χ3v) is 12.6. The number of likely N-dealkylation sites (tertiary alicyclic amines) is 1. The van der Waals surface area contributed by atoms with E-state index in [1.54, 1.807) is 4.90 Å². The summed E-state index contributed by atoms with van der Waals surface area (Å²) < 4.78 is 24.9. The number of unbranched alkanes of at least 4 members (excludes halogenated alkanes) is 1. The Balaban J connectivity index is 2.35. The minimum absolute atomic E-state index is 0.0353. The van der Waals surface area contributed by atoms with Crippen molar-refractivity contribution in [2.45, 2.75) is 61.1 Å². The van der Waals surface area contributed by atoms with Gasteiger partial charge in [0.1, 0.15) is 0 Å². The standard InChI is InChI=1S/C14H21N3OS3.Mo.2O/c1-3-5-6-10(4-2)9-17-11(18)7-8-12(17)20-14-16-15-13(19)21-14;;;/h10H,3-9H2,1-2H3;;;/q;-1;;/p+1. The molecule has 1 amide bonds. The fourth-order valence-corrected chi connectivity index (χ4v) is 10.9. The van der Waals surface area contributed by atoms with Crippen LogP contribution in [-0.4, -0.2) is 32.5 Å². The first-order valence-corrected chi connectivity index (χ1v) is 14.5. The van der Waals surface area contributed by atoms with Crippen LogP contribution in [0.5, 0.6) is 0 Å². The SMILES string of the molecule is CCCCC(CC)CN1C(=O)CCC1=[S](c1nnc(S)s1)[Mo](=[O])=[O]. The third-order valence-electron chi connectivity index (χ3n) is 4.04. The van der Waals surface area contributed by atoms with Crippen molar-refractivity contribution in [3.8, 4) is 0 Å². The Morgan fingerprint density at radius 2 is 2.08 bits per heavy atom. The van der Waals surface area contributed by atoms with Gasteiger partial charge in [0.25, 0.3) is 0 Å². The molecule has 0 aliphatic carbocycles. The Bertz CT molecular complexity index is 694. The molecule has 1 aromatic rings. The van der Waals surface area contributed by atoms with E-state index >= 15 is 0 Å². The van der Waals surface area contributed by atoms with E-state index in [1.165, 1.54) is 11.3 Å². The van der Waals surface area contributed by atoms with Crippen LogP contribution in [0.15, 0.2) is 8.68 Å². The molecule has 0 N–H and O–H groups in total. The van der Waals surface area contributed by atoms with Crippen molar-refractivity contribution in [3.63, 3.8) is 0 Å². The Labute approximate surface area is 158 Å². The number of aromatic nitrogens is 2. The topological polar surface area (TPSA) is 80.2 Å². The van der Waals surface area contributed by atoms with Gasteiger partial charge in [0.05, 0.1) is 0 Å². The second kappa shape index (κ2) is 9.55. The molecular weight excluding hydrogens is 450 g/mol. The summed E-state index contributed by atoms with van der Waals surface area (Å²) in [5, 5.41) is 7.80. The average molecular weight is 472 g/mol. The van der Waals surface area contributed by atoms with E-state index in [0.29, 0.717) is 34.0 Å². The zero-order valence-electron chi connectivity index (χ0n) is 13.8. The Hall–Kier alpha value is -0.112. The normalized spacial score (nSPS) is 18.9. The van der Waals surface area contributed by atoms with Crippen LogP contribution in [0.4, 0.5) is 0 Å². The first-order chi connectivity index (χ1) is 11.5. The van der Waals surface area contributed by atoms with Crippen molar-refractivity contribution >= 4 is 43.1 Å². The number of amides is 1. The molecule has 0 bridgehead atoms. The van der Waals surface area contributed by atoms with E-state index < -0.39 is 24.1 Å². The molecule has 6 nitrogen and oxygen atoms in total. The van der Waals surface area contributed by atoms with Gasteiger partial charge in [0, 0.05) is 0 Å². The van der Waals surface area contributed by atoms with Crippen LogP contribution in [0.2, 0.25) is 0 Å². The van der Waals surface area contributed by atoms with E-state index in [0.717, 1.165) is 30.7 Å². The number of carbonyl (C=O) groups excluding carboxylic acids is 1. The molecule has 2 unspecified atom stereocenters. The van der Waals surface area contributed by atoms with Crippen LogP contribution in [0.1, 0.15) is 52.4 Å². The van der Waals surface area contributed by atoms with Crippen LogP contribution in [0.25, 0.3) is 0 Å². The molecule has 1 aliphatic rings. The summed E-state index contributed by atoms with van der Waals surface area (Å²) in [6, 6.07) is 0. The number of hydrogen-bond acceptors (Lipinski definition) is 7. The van der Waals surface area contributed by atoms with E-state index in [2.05, 4.69) is 36.7 Å². The molecule has 135 valence electrons. The van der Waals surface area contributed by atoms with Gasteiger partial charge in [-0.2, -0.15) is 0 Å². The predicted molar refractivity (Wildman–Crippen MR) is 93.7 cm³/mol. The van der Waals surface area contributed by atoms with Gasteiger partial charge in [0.15, 0.2) is 0 Å². The van der Waals surface area contributed by atoms with Crippen molar-refractivity contribution in [2.75, 3.05) is 6.54 Å². The molecule has 1 aromatic heterocycles. The van der Waals surface area contributed by atoms with Gasteiger partial charge in [-0.1, -0.05) is 0 Å². The van der Waals surface area contributed by atoms with Gasteiger partial charge in [-0.3, -0.25) is 0 Å². The number of hydrogen-bond donors (Lipinski definition) is 1. The average Bonchev–Trinajstić information content (AvgIpc) is 3.11. The number of carbonyl (C=O) groups is 1. The summed E-state index contributed by atoms with van der Waals surface area (Å²) in [6.07, 6.45) is 5.21. The fraction of sp³-hybridized carbons (Fsp3) is 0.714. The van der Waals surface area contributed by atoms with E-state index in [9.17, 15) is 11.6 Å². The summed E-state index contributed by atoms with van der Waals surface area (Å²) >= 11 is 1.48. The summed E-state index contributed by atoms with van der Waals surface area (Å²) in [7, 11) is -1.09. The van der Waals surface area contributed by atoms with Gasteiger partial charge in [0.2, 0.25) is 0 Å². The molecule has 1 aliphatic heterocycles. The molecule has 2 heterocycles. The summed E-state index contributed by atoms with van der Waals surface area (Å²) in [4.78, 5) is 14.8. The monoisotopic (exact) mass is 474 g/mol. The first-order valence-electron chi connectivity index (χ1n) is 8.00. The van der Waals surface area contributed by atoms with Crippen molar-refractivity contribution in [1.82, 2.24) is 15.1 Å². The molecule has 2 atom stereocenters. The van der Waals surface area contributed by atoms with Gasteiger partial charge in [-0.05, 0) is 0 Å². The van der Waals surface area contributed by atoms with Crippen LogP contribution in [0.3, 0.4) is 0 Å². The van der Waals surface area contributed by atoms with Crippen LogP contribution in [-0.2, 0) is 27.5 Å². The molecule has 10 heteroatoms. The molecule has 0 saturated carbocycles. The minimum atomic E-state index is -3.85. The molecular formula is C14H22MoN3O3S3. The molecule has 24 heavy (non-hydrogen) atoms. The predicted octanol–water partition coefficient (Wildman–Crippen LogP) is 3.65. The zero-order chi connectivity index (χ0) is 17.7. The van der Waals surface area contributed by atoms with Crippen molar-refractivity contribution in [1.29, 1.82) is 0 Å². The third kappa shape index (κ3) is 4.96.